The number of aryl methyl sites for hydroxylation is 1. The van der Waals surface area contributed by atoms with E-state index < -0.39 is 0 Å². The molecule has 1 saturated carbocycles. The summed E-state index contributed by atoms with van der Waals surface area (Å²) in [5.41, 5.74) is 7.62. The van der Waals surface area contributed by atoms with Gasteiger partial charge in [-0.05, 0) is 37.8 Å². The molecule has 0 bridgehead atoms. The number of likely N-dealkylation sites (N-methyl/N-ethyl adjacent to an activating group) is 1. The SMILES string of the molecule is CCN(CC(N)CCc1ccccc1)C1CC1. The fourth-order valence-corrected chi connectivity index (χ4v) is 2.37. The normalized spacial score (nSPS) is 17.4. The molecule has 94 valence electrons. The minimum Gasteiger partial charge on any atom is -0.327 e. The van der Waals surface area contributed by atoms with Gasteiger partial charge in [0, 0.05) is 18.6 Å². The first-order chi connectivity index (χ1) is 8.29. The van der Waals surface area contributed by atoms with E-state index in [9.17, 15) is 0 Å². The van der Waals surface area contributed by atoms with Gasteiger partial charge in [-0.1, -0.05) is 37.3 Å². The monoisotopic (exact) mass is 232 g/mol. The van der Waals surface area contributed by atoms with Crippen molar-refractivity contribution >= 4 is 0 Å². The van der Waals surface area contributed by atoms with Crippen molar-refractivity contribution in [2.24, 2.45) is 5.73 Å². The average Bonchev–Trinajstić information content (AvgIpc) is 3.19. The van der Waals surface area contributed by atoms with Crippen LogP contribution in [-0.2, 0) is 6.42 Å². The maximum absolute atomic E-state index is 6.22. The maximum Gasteiger partial charge on any atom is 0.0171 e. The molecule has 0 saturated heterocycles. The lowest BCUT2D eigenvalue weighted by atomic mass is 10.1. The molecule has 0 aromatic heterocycles. The second-order valence-corrected chi connectivity index (χ2v) is 5.10. The summed E-state index contributed by atoms with van der Waals surface area (Å²) in [6, 6.07) is 11.8. The Bertz CT molecular complexity index is 319. The third-order valence-electron chi connectivity index (χ3n) is 3.59. The molecular formula is C15H24N2. The largest absolute Gasteiger partial charge is 0.327 e. The molecule has 0 heterocycles. The van der Waals surface area contributed by atoms with Gasteiger partial charge in [0.05, 0.1) is 0 Å². The van der Waals surface area contributed by atoms with Crippen LogP contribution < -0.4 is 5.73 Å². The summed E-state index contributed by atoms with van der Waals surface area (Å²) in [5, 5.41) is 0. The molecule has 0 spiro atoms. The molecule has 1 aromatic carbocycles. The Morgan fingerprint density at radius 2 is 2.00 bits per heavy atom. The molecule has 0 radical (unpaired) electrons. The lowest BCUT2D eigenvalue weighted by Crippen LogP contribution is -2.39. The number of benzene rings is 1. The number of nitrogens with two attached hydrogens (primary N) is 1. The Kier molecular flexibility index (Phi) is 4.57. The minimum atomic E-state index is 0.316. The van der Waals surface area contributed by atoms with Crippen LogP contribution in [0.25, 0.3) is 0 Å². The molecule has 0 aliphatic heterocycles. The van der Waals surface area contributed by atoms with Gasteiger partial charge in [0.25, 0.3) is 0 Å². The van der Waals surface area contributed by atoms with Crippen LogP contribution in [0.5, 0.6) is 0 Å². The van der Waals surface area contributed by atoms with Gasteiger partial charge in [-0.25, -0.2) is 0 Å². The van der Waals surface area contributed by atoms with Crippen LogP contribution in [0.15, 0.2) is 30.3 Å². The molecule has 1 atom stereocenters. The van der Waals surface area contributed by atoms with Crippen molar-refractivity contribution in [3.8, 4) is 0 Å². The van der Waals surface area contributed by atoms with Crippen LogP contribution in [-0.4, -0.2) is 30.1 Å². The van der Waals surface area contributed by atoms with Crippen LogP contribution >= 0.6 is 0 Å². The maximum atomic E-state index is 6.22. The molecule has 1 fully saturated rings. The number of nitrogens with zero attached hydrogens (tertiary/aromatic N) is 1. The second-order valence-electron chi connectivity index (χ2n) is 5.10. The van der Waals surface area contributed by atoms with Crippen LogP contribution in [0.4, 0.5) is 0 Å². The summed E-state index contributed by atoms with van der Waals surface area (Å²) in [4.78, 5) is 2.54. The fraction of sp³-hybridized carbons (Fsp3) is 0.600. The zero-order valence-electron chi connectivity index (χ0n) is 10.8. The molecule has 1 aliphatic carbocycles. The Morgan fingerprint density at radius 3 is 2.59 bits per heavy atom. The van der Waals surface area contributed by atoms with Crippen molar-refractivity contribution in [1.29, 1.82) is 0 Å². The van der Waals surface area contributed by atoms with E-state index in [1.807, 2.05) is 0 Å². The van der Waals surface area contributed by atoms with Crippen molar-refractivity contribution in [3.05, 3.63) is 35.9 Å². The van der Waals surface area contributed by atoms with Crippen molar-refractivity contribution in [3.63, 3.8) is 0 Å². The molecule has 2 N–H and O–H groups in total. The molecule has 2 rings (SSSR count). The van der Waals surface area contributed by atoms with Gasteiger partial charge in [-0.15, -0.1) is 0 Å². The van der Waals surface area contributed by atoms with E-state index in [0.29, 0.717) is 6.04 Å². The fourth-order valence-electron chi connectivity index (χ4n) is 2.37. The zero-order valence-corrected chi connectivity index (χ0v) is 10.8. The van der Waals surface area contributed by atoms with E-state index in [-0.39, 0.29) is 0 Å². The van der Waals surface area contributed by atoms with E-state index in [1.165, 1.54) is 18.4 Å². The first kappa shape index (κ1) is 12.6. The van der Waals surface area contributed by atoms with Crippen molar-refractivity contribution in [2.75, 3.05) is 13.1 Å². The number of rotatable bonds is 7. The third kappa shape index (κ3) is 4.14. The Hall–Kier alpha value is -0.860. The van der Waals surface area contributed by atoms with Crippen molar-refractivity contribution in [1.82, 2.24) is 4.90 Å². The van der Waals surface area contributed by atoms with Crippen LogP contribution in [0, 0.1) is 0 Å². The van der Waals surface area contributed by atoms with Crippen molar-refractivity contribution < 1.29 is 0 Å². The number of hydrogen-bond donors (Lipinski definition) is 1. The van der Waals surface area contributed by atoms with Gasteiger partial charge in [-0.2, -0.15) is 0 Å². The Morgan fingerprint density at radius 1 is 1.29 bits per heavy atom. The van der Waals surface area contributed by atoms with E-state index in [4.69, 9.17) is 5.73 Å². The minimum absolute atomic E-state index is 0.316. The standard InChI is InChI=1S/C15H24N2/c1-2-17(15-10-11-15)12-14(16)9-8-13-6-4-3-5-7-13/h3-7,14-15H,2,8-12,16H2,1H3. The van der Waals surface area contributed by atoms with E-state index in [2.05, 4.69) is 42.2 Å². The smallest absolute Gasteiger partial charge is 0.0171 e. The topological polar surface area (TPSA) is 29.3 Å². The van der Waals surface area contributed by atoms with Gasteiger partial charge in [0.15, 0.2) is 0 Å². The predicted molar refractivity (Wildman–Crippen MR) is 73.0 cm³/mol. The second kappa shape index (κ2) is 6.18. The van der Waals surface area contributed by atoms with Crippen LogP contribution in [0.1, 0.15) is 31.7 Å². The first-order valence-corrected chi connectivity index (χ1v) is 6.83. The summed E-state index contributed by atoms with van der Waals surface area (Å²) in [6.45, 7) is 4.44. The average molecular weight is 232 g/mol. The quantitative estimate of drug-likeness (QED) is 0.782. The Labute approximate surface area is 105 Å². The molecule has 17 heavy (non-hydrogen) atoms. The first-order valence-electron chi connectivity index (χ1n) is 6.83. The third-order valence-corrected chi connectivity index (χ3v) is 3.59. The van der Waals surface area contributed by atoms with Gasteiger partial charge < -0.3 is 5.73 Å². The Balaban J connectivity index is 1.71. The molecule has 0 amide bonds. The highest BCUT2D eigenvalue weighted by atomic mass is 15.2. The van der Waals surface area contributed by atoms with Gasteiger partial charge in [0.1, 0.15) is 0 Å². The molecule has 2 heteroatoms. The summed E-state index contributed by atoms with van der Waals surface area (Å²) in [6.07, 6.45) is 4.94. The van der Waals surface area contributed by atoms with Crippen molar-refractivity contribution in [2.45, 2.75) is 44.7 Å². The van der Waals surface area contributed by atoms with Gasteiger partial charge >= 0.3 is 0 Å². The molecular weight excluding hydrogens is 208 g/mol. The lowest BCUT2D eigenvalue weighted by Gasteiger charge is -2.23. The molecule has 2 nitrogen and oxygen atoms in total. The van der Waals surface area contributed by atoms with Gasteiger partial charge in [0.2, 0.25) is 0 Å². The highest BCUT2D eigenvalue weighted by molar-refractivity contribution is 5.14. The molecule has 1 unspecified atom stereocenters. The van der Waals surface area contributed by atoms with E-state index in [0.717, 1.165) is 32.0 Å². The predicted octanol–water partition coefficient (Wildman–Crippen LogP) is 2.43. The van der Waals surface area contributed by atoms with E-state index >= 15 is 0 Å². The molecule has 1 aromatic rings. The van der Waals surface area contributed by atoms with Crippen LogP contribution in [0.3, 0.4) is 0 Å². The van der Waals surface area contributed by atoms with Crippen LogP contribution in [0.2, 0.25) is 0 Å². The highest BCUT2D eigenvalue weighted by Gasteiger charge is 2.28. The lowest BCUT2D eigenvalue weighted by molar-refractivity contribution is 0.255. The van der Waals surface area contributed by atoms with E-state index in [1.54, 1.807) is 0 Å². The summed E-state index contributed by atoms with van der Waals surface area (Å²) < 4.78 is 0. The van der Waals surface area contributed by atoms with Gasteiger partial charge in [-0.3, -0.25) is 4.90 Å². The zero-order chi connectivity index (χ0) is 12.1. The summed E-state index contributed by atoms with van der Waals surface area (Å²) >= 11 is 0. The summed E-state index contributed by atoms with van der Waals surface area (Å²) in [5.74, 6) is 0. The number of hydrogen-bond acceptors (Lipinski definition) is 2. The highest BCUT2D eigenvalue weighted by Crippen LogP contribution is 2.26. The molecule has 1 aliphatic rings. The summed E-state index contributed by atoms with van der Waals surface area (Å²) in [7, 11) is 0.